The third kappa shape index (κ3) is 7.41. The van der Waals surface area contributed by atoms with Crippen molar-refractivity contribution in [3.63, 3.8) is 0 Å². The van der Waals surface area contributed by atoms with E-state index in [1.54, 1.807) is 0 Å². The molecule has 0 aliphatic heterocycles. The van der Waals surface area contributed by atoms with E-state index >= 15 is 0 Å². The summed E-state index contributed by atoms with van der Waals surface area (Å²) in [7, 11) is 0. The van der Waals surface area contributed by atoms with Crippen LogP contribution in [0.2, 0.25) is 0 Å². The third-order valence-electron chi connectivity index (χ3n) is 14.6. The number of hydrogen-bond acceptors (Lipinski definition) is 2. The third-order valence-corrected chi connectivity index (χ3v) is 14.6. The normalized spacial score (nSPS) is 17.1. The number of rotatable bonds is 10. The fourth-order valence-corrected chi connectivity index (χ4v) is 11.4. The predicted octanol–water partition coefficient (Wildman–Crippen LogP) is 17.8. The van der Waals surface area contributed by atoms with Crippen LogP contribution in [0.25, 0.3) is 33.4 Å². The van der Waals surface area contributed by atoms with Crippen LogP contribution in [-0.2, 0) is 10.8 Å². The molecule has 66 heavy (non-hydrogen) atoms. The van der Waals surface area contributed by atoms with E-state index in [1.807, 2.05) is 0 Å². The van der Waals surface area contributed by atoms with E-state index in [4.69, 9.17) is 0 Å². The van der Waals surface area contributed by atoms with Crippen molar-refractivity contribution in [2.24, 2.45) is 5.92 Å². The summed E-state index contributed by atoms with van der Waals surface area (Å²) in [5.41, 5.74) is 19.9. The zero-order valence-electron chi connectivity index (χ0n) is 38.2. The van der Waals surface area contributed by atoms with Crippen molar-refractivity contribution >= 4 is 34.1 Å². The molecule has 11 rings (SSSR count). The Morgan fingerprint density at radius 1 is 0.394 bits per heavy atom. The van der Waals surface area contributed by atoms with Crippen LogP contribution in [0.15, 0.2) is 231 Å². The van der Waals surface area contributed by atoms with Crippen LogP contribution in [0.3, 0.4) is 0 Å². The van der Waals surface area contributed by atoms with E-state index in [0.717, 1.165) is 41.3 Å². The Morgan fingerprint density at radius 3 is 1.39 bits per heavy atom. The summed E-state index contributed by atoms with van der Waals surface area (Å²) in [6, 6.07) is 85.2. The van der Waals surface area contributed by atoms with E-state index in [9.17, 15) is 0 Å². The molecule has 0 amide bonds. The molecule has 0 radical (unpaired) electrons. The van der Waals surface area contributed by atoms with Gasteiger partial charge >= 0.3 is 0 Å². The van der Waals surface area contributed by atoms with Gasteiger partial charge in [-0.15, -0.1) is 0 Å². The van der Waals surface area contributed by atoms with Gasteiger partial charge in [0.2, 0.25) is 0 Å². The Bertz CT molecular complexity index is 3090. The van der Waals surface area contributed by atoms with Crippen molar-refractivity contribution in [1.82, 2.24) is 0 Å². The lowest BCUT2D eigenvalue weighted by atomic mass is 9.62. The molecule has 9 aromatic carbocycles. The van der Waals surface area contributed by atoms with Crippen molar-refractivity contribution in [1.29, 1.82) is 0 Å². The minimum atomic E-state index is -0.150. The molecule has 0 N–H and O–H groups in total. The highest BCUT2D eigenvalue weighted by molar-refractivity contribution is 5.94. The number of fused-ring (bicyclic) bond motifs is 3. The second-order valence-electron chi connectivity index (χ2n) is 19.1. The lowest BCUT2D eigenvalue weighted by Crippen LogP contribution is -2.33. The standard InChI is InChI=1S/C64H56N2/c1-46-18-17-43-64(45-46,50-31-37-55(38-32-50)65(52-23-12-6-13-24-52)54-35-29-48(30-36-54)47-19-8-4-9-20-47)51-33-39-56(40-34-51)66(53-25-14-7-15-26-53)57-41-42-59-61(44-57)63(2,3)60-28-16-27-58(62(59)60)49-21-10-5-11-22-49/h4-16,19-42,44,46H,17-18,43,45H2,1-3H3. The average Bonchev–Trinajstić information content (AvgIpc) is 3.61. The molecule has 0 spiro atoms. The van der Waals surface area contributed by atoms with E-state index in [2.05, 4.69) is 261 Å². The molecule has 0 heterocycles. The van der Waals surface area contributed by atoms with E-state index < -0.39 is 0 Å². The van der Waals surface area contributed by atoms with Crippen molar-refractivity contribution in [3.8, 4) is 33.4 Å². The highest BCUT2D eigenvalue weighted by Gasteiger charge is 2.40. The number of hydrogen-bond donors (Lipinski definition) is 0. The summed E-state index contributed by atoms with van der Waals surface area (Å²) < 4.78 is 0. The molecule has 2 aliphatic carbocycles. The molecule has 1 fully saturated rings. The van der Waals surface area contributed by atoms with Crippen molar-refractivity contribution in [2.75, 3.05) is 9.80 Å². The fraction of sp³-hybridized carbons (Fsp3) is 0.156. The van der Waals surface area contributed by atoms with Gasteiger partial charge in [-0.1, -0.05) is 191 Å². The lowest BCUT2D eigenvalue weighted by Gasteiger charge is -2.42. The van der Waals surface area contributed by atoms with Crippen LogP contribution in [0.1, 0.15) is 68.7 Å². The highest BCUT2D eigenvalue weighted by atomic mass is 15.1. The SMILES string of the molecule is CC1CCCC(c2ccc(N(c3ccccc3)c3ccc(-c4ccccc4)cc3)cc2)(c2ccc(N(c3ccccc3)c3ccc4c(c3)C(C)(C)c3cccc(-c5ccccc5)c3-4)cc2)C1. The maximum Gasteiger partial charge on any atom is 0.0465 e. The lowest BCUT2D eigenvalue weighted by molar-refractivity contribution is 0.272. The molecule has 2 heteroatoms. The second kappa shape index (κ2) is 17.2. The minimum absolute atomic E-state index is 0.0823. The highest BCUT2D eigenvalue weighted by Crippen LogP contribution is 2.54. The van der Waals surface area contributed by atoms with Crippen molar-refractivity contribution < 1.29 is 0 Å². The van der Waals surface area contributed by atoms with Crippen LogP contribution in [0, 0.1) is 5.92 Å². The van der Waals surface area contributed by atoms with E-state index in [-0.39, 0.29) is 10.8 Å². The van der Waals surface area contributed by atoms with Crippen molar-refractivity contribution in [3.05, 3.63) is 253 Å². The zero-order chi connectivity index (χ0) is 44.7. The molecule has 2 nitrogen and oxygen atoms in total. The first-order valence-corrected chi connectivity index (χ1v) is 23.8. The summed E-state index contributed by atoms with van der Waals surface area (Å²) in [4.78, 5) is 4.82. The van der Waals surface area contributed by atoms with E-state index in [1.165, 1.54) is 74.2 Å². The fourth-order valence-electron chi connectivity index (χ4n) is 11.4. The maximum atomic E-state index is 2.45. The Morgan fingerprint density at radius 2 is 0.848 bits per heavy atom. The molecular formula is C64H56N2. The molecule has 322 valence electrons. The zero-order valence-corrected chi connectivity index (χ0v) is 38.2. The van der Waals surface area contributed by atoms with Gasteiger partial charge in [0.15, 0.2) is 0 Å². The van der Waals surface area contributed by atoms with Gasteiger partial charge in [0.25, 0.3) is 0 Å². The summed E-state index contributed by atoms with van der Waals surface area (Å²) in [6.45, 7) is 7.22. The van der Waals surface area contributed by atoms with Gasteiger partial charge in [0.05, 0.1) is 0 Å². The first-order chi connectivity index (χ1) is 32.4. The topological polar surface area (TPSA) is 6.48 Å². The smallest absolute Gasteiger partial charge is 0.0465 e. The monoisotopic (exact) mass is 852 g/mol. The second-order valence-corrected chi connectivity index (χ2v) is 19.1. The molecular weight excluding hydrogens is 797 g/mol. The first-order valence-electron chi connectivity index (χ1n) is 23.8. The van der Waals surface area contributed by atoms with Crippen LogP contribution in [0.5, 0.6) is 0 Å². The molecule has 2 atom stereocenters. The summed E-state index contributed by atoms with van der Waals surface area (Å²) >= 11 is 0. The molecule has 0 aromatic heterocycles. The maximum absolute atomic E-state index is 2.45. The Balaban J connectivity index is 0.950. The predicted molar refractivity (Wildman–Crippen MR) is 279 cm³/mol. The quantitative estimate of drug-likeness (QED) is 0.135. The molecule has 0 saturated heterocycles. The molecule has 2 aliphatic rings. The number of benzene rings is 9. The largest absolute Gasteiger partial charge is 0.311 e. The van der Waals surface area contributed by atoms with Gasteiger partial charge in [0.1, 0.15) is 0 Å². The van der Waals surface area contributed by atoms with E-state index in [0.29, 0.717) is 5.92 Å². The molecule has 1 saturated carbocycles. The van der Waals surface area contributed by atoms with Gasteiger partial charge < -0.3 is 9.80 Å². The number of para-hydroxylation sites is 2. The van der Waals surface area contributed by atoms with Crippen LogP contribution in [0.4, 0.5) is 34.1 Å². The Kier molecular flexibility index (Phi) is 10.7. The molecule has 0 bridgehead atoms. The van der Waals surface area contributed by atoms with Gasteiger partial charge in [-0.3, -0.25) is 0 Å². The van der Waals surface area contributed by atoms with Crippen LogP contribution < -0.4 is 9.80 Å². The minimum Gasteiger partial charge on any atom is -0.311 e. The van der Waals surface area contributed by atoms with Gasteiger partial charge in [-0.25, -0.2) is 0 Å². The molecule has 9 aromatic rings. The van der Waals surface area contributed by atoms with Crippen LogP contribution >= 0.6 is 0 Å². The average molecular weight is 853 g/mol. The summed E-state index contributed by atoms with van der Waals surface area (Å²) in [6.07, 6.45) is 4.74. The first kappa shape index (κ1) is 41.3. The summed E-state index contributed by atoms with van der Waals surface area (Å²) in [5.74, 6) is 0.629. The Hall–Kier alpha value is -7.42. The number of anilines is 6. The van der Waals surface area contributed by atoms with Gasteiger partial charge in [0, 0.05) is 45.0 Å². The summed E-state index contributed by atoms with van der Waals surface area (Å²) in [5, 5.41) is 0. The van der Waals surface area contributed by atoms with Crippen LogP contribution in [-0.4, -0.2) is 0 Å². The molecule has 2 unspecified atom stereocenters. The van der Waals surface area contributed by atoms with Gasteiger partial charge in [-0.05, 0) is 147 Å². The Labute approximate surface area is 391 Å². The number of nitrogens with zero attached hydrogens (tertiary/aromatic N) is 2. The van der Waals surface area contributed by atoms with Gasteiger partial charge in [-0.2, -0.15) is 0 Å². The van der Waals surface area contributed by atoms with Crippen molar-refractivity contribution in [2.45, 2.75) is 57.3 Å².